The predicted molar refractivity (Wildman–Crippen MR) is 111 cm³/mol. The Morgan fingerprint density at radius 2 is 2.07 bits per heavy atom. The zero-order valence-corrected chi connectivity index (χ0v) is 16.9. The molecule has 4 rings (SSSR count). The first-order valence-corrected chi connectivity index (χ1v) is 9.81. The molecule has 1 unspecified atom stereocenters. The lowest BCUT2D eigenvalue weighted by molar-refractivity contribution is -0.168. The Labute approximate surface area is 166 Å². The molecule has 1 fully saturated rings. The van der Waals surface area contributed by atoms with Crippen LogP contribution in [-0.4, -0.2) is 73.7 Å². The second-order valence-electron chi connectivity index (χ2n) is 7.97. The molecule has 1 spiro atoms. The van der Waals surface area contributed by atoms with Gasteiger partial charge in [0.05, 0.1) is 12.1 Å². The summed E-state index contributed by atoms with van der Waals surface area (Å²) in [6.07, 6.45) is 4.75. The fourth-order valence-electron chi connectivity index (χ4n) is 4.16. The molecule has 0 saturated carbocycles. The van der Waals surface area contributed by atoms with Gasteiger partial charge >= 0.3 is 0 Å². The van der Waals surface area contributed by atoms with Crippen molar-refractivity contribution < 1.29 is 9.53 Å². The van der Waals surface area contributed by atoms with E-state index >= 15 is 0 Å². The maximum absolute atomic E-state index is 13.0. The predicted octanol–water partition coefficient (Wildman–Crippen LogP) is 2.29. The highest BCUT2D eigenvalue weighted by Gasteiger charge is 2.45. The van der Waals surface area contributed by atoms with Crippen molar-refractivity contribution in [3.05, 3.63) is 48.0 Å². The lowest BCUT2D eigenvalue weighted by Gasteiger charge is -2.42. The third-order valence-electron chi connectivity index (χ3n) is 5.59. The summed E-state index contributed by atoms with van der Waals surface area (Å²) >= 11 is 0. The van der Waals surface area contributed by atoms with Gasteiger partial charge in [0.2, 0.25) is 0 Å². The Bertz CT molecular complexity index is 911. The van der Waals surface area contributed by atoms with Crippen LogP contribution in [0.5, 0.6) is 0 Å². The summed E-state index contributed by atoms with van der Waals surface area (Å²) in [5.74, 6) is 1.05. The summed E-state index contributed by atoms with van der Waals surface area (Å²) in [6, 6.07) is 10.4. The van der Waals surface area contributed by atoms with Crippen LogP contribution in [0, 0.1) is 0 Å². The molecule has 0 N–H and O–H groups in total. The van der Waals surface area contributed by atoms with Crippen LogP contribution in [0.3, 0.4) is 0 Å². The maximum atomic E-state index is 13.0. The summed E-state index contributed by atoms with van der Waals surface area (Å²) in [5.41, 5.74) is 1.40. The molecule has 0 radical (unpaired) electrons. The van der Waals surface area contributed by atoms with Crippen LogP contribution in [-0.2, 0) is 16.1 Å². The summed E-state index contributed by atoms with van der Waals surface area (Å²) in [5, 5.41) is 1.14. The molecule has 28 heavy (non-hydrogen) atoms. The Balaban J connectivity index is 1.63. The minimum absolute atomic E-state index is 0.0756. The van der Waals surface area contributed by atoms with Gasteiger partial charge < -0.3 is 14.5 Å². The number of aromatic nitrogens is 1. The van der Waals surface area contributed by atoms with Crippen molar-refractivity contribution in [2.45, 2.75) is 18.6 Å². The summed E-state index contributed by atoms with van der Waals surface area (Å²) in [6.45, 7) is 3.36. The Hall–Kier alpha value is -2.44. The molecule has 148 valence electrons. The molecule has 1 amide bonds. The van der Waals surface area contributed by atoms with Crippen LogP contribution in [0.1, 0.15) is 12.0 Å². The van der Waals surface area contributed by atoms with Gasteiger partial charge in [-0.3, -0.25) is 9.69 Å². The smallest absolute Gasteiger partial charge is 0.256 e. The first kappa shape index (κ1) is 18.9. The van der Waals surface area contributed by atoms with Crippen LogP contribution < -0.4 is 4.90 Å². The van der Waals surface area contributed by atoms with Crippen molar-refractivity contribution in [2.24, 2.45) is 0 Å². The molecule has 0 bridgehead atoms. The highest BCUT2D eigenvalue weighted by Crippen LogP contribution is 2.30. The normalized spacial score (nSPS) is 23.4. The van der Waals surface area contributed by atoms with Gasteiger partial charge in [0.25, 0.3) is 5.91 Å². The molecule has 6 heteroatoms. The first-order chi connectivity index (χ1) is 13.5. The van der Waals surface area contributed by atoms with Crippen molar-refractivity contribution in [3.8, 4) is 0 Å². The van der Waals surface area contributed by atoms with Gasteiger partial charge in [-0.15, -0.1) is 0 Å². The van der Waals surface area contributed by atoms with Crippen LogP contribution in [0.2, 0.25) is 0 Å². The number of fused-ring (bicyclic) bond motifs is 1. The Morgan fingerprint density at radius 3 is 2.89 bits per heavy atom. The van der Waals surface area contributed by atoms with E-state index in [1.807, 2.05) is 45.4 Å². The van der Waals surface area contributed by atoms with Crippen LogP contribution >= 0.6 is 0 Å². The van der Waals surface area contributed by atoms with Crippen molar-refractivity contribution in [1.29, 1.82) is 0 Å². The number of hydrogen-bond acceptors (Lipinski definition) is 5. The van der Waals surface area contributed by atoms with Crippen LogP contribution in [0.4, 0.5) is 5.82 Å². The molecule has 6 nitrogen and oxygen atoms in total. The third-order valence-corrected chi connectivity index (χ3v) is 5.59. The number of hydrogen-bond donors (Lipinski definition) is 0. The number of carbonyl (C=O) groups is 1. The number of rotatable bonds is 3. The first-order valence-electron chi connectivity index (χ1n) is 9.81. The number of nitrogens with zero attached hydrogens (tertiary/aromatic N) is 4. The van der Waals surface area contributed by atoms with E-state index in [-0.39, 0.29) is 5.91 Å². The van der Waals surface area contributed by atoms with Gasteiger partial charge in [0.1, 0.15) is 5.82 Å². The molecule has 1 atom stereocenters. The second kappa shape index (κ2) is 7.53. The SMILES string of the molecule is CN1CC=CCC2(CN(Cc3cc4ccccc4nc3N(C)C)CCO2)C1=O. The lowest BCUT2D eigenvalue weighted by Crippen LogP contribution is -2.59. The number of morpholine rings is 1. The zero-order valence-electron chi connectivity index (χ0n) is 16.9. The van der Waals surface area contributed by atoms with E-state index in [9.17, 15) is 4.79 Å². The zero-order chi connectivity index (χ0) is 19.7. The number of amides is 1. The highest BCUT2D eigenvalue weighted by atomic mass is 16.5. The molecular formula is C22H28N4O2. The van der Waals surface area contributed by atoms with E-state index in [2.05, 4.69) is 28.0 Å². The molecule has 3 heterocycles. The number of anilines is 1. The fraction of sp³-hybridized carbons (Fsp3) is 0.455. The Morgan fingerprint density at radius 1 is 1.25 bits per heavy atom. The number of ether oxygens (including phenoxy) is 1. The average molecular weight is 380 g/mol. The monoisotopic (exact) mass is 380 g/mol. The van der Waals surface area contributed by atoms with Gasteiger partial charge in [-0.05, 0) is 12.1 Å². The molecule has 2 aliphatic heterocycles. The van der Waals surface area contributed by atoms with Crippen molar-refractivity contribution in [2.75, 3.05) is 52.3 Å². The van der Waals surface area contributed by atoms with Gasteiger partial charge in [-0.1, -0.05) is 30.4 Å². The minimum Gasteiger partial charge on any atom is -0.362 e. The average Bonchev–Trinajstić information content (AvgIpc) is 2.81. The van der Waals surface area contributed by atoms with Gasteiger partial charge in [0, 0.05) is 64.7 Å². The Kier molecular flexibility index (Phi) is 5.08. The van der Waals surface area contributed by atoms with Crippen molar-refractivity contribution >= 4 is 22.6 Å². The maximum Gasteiger partial charge on any atom is 0.256 e. The number of benzene rings is 1. The largest absolute Gasteiger partial charge is 0.362 e. The molecular weight excluding hydrogens is 352 g/mol. The molecule has 2 aromatic rings. The molecule has 1 aromatic heterocycles. The quantitative estimate of drug-likeness (QED) is 0.765. The summed E-state index contributed by atoms with van der Waals surface area (Å²) < 4.78 is 6.07. The number of likely N-dealkylation sites (N-methyl/N-ethyl adjacent to an activating group) is 1. The van der Waals surface area contributed by atoms with E-state index in [1.54, 1.807) is 4.90 Å². The van der Waals surface area contributed by atoms with Gasteiger partial charge in [-0.2, -0.15) is 0 Å². The third kappa shape index (κ3) is 3.50. The summed E-state index contributed by atoms with van der Waals surface area (Å²) in [7, 11) is 5.89. The van der Waals surface area contributed by atoms with Crippen molar-refractivity contribution in [3.63, 3.8) is 0 Å². The van der Waals surface area contributed by atoms with E-state index in [0.29, 0.717) is 26.1 Å². The fourth-order valence-corrected chi connectivity index (χ4v) is 4.16. The van der Waals surface area contributed by atoms with E-state index in [0.717, 1.165) is 29.8 Å². The number of pyridine rings is 1. The topological polar surface area (TPSA) is 48.9 Å². The van der Waals surface area contributed by atoms with Crippen LogP contribution in [0.25, 0.3) is 10.9 Å². The lowest BCUT2D eigenvalue weighted by atomic mass is 9.95. The molecule has 1 saturated heterocycles. The van der Waals surface area contributed by atoms with Crippen LogP contribution in [0.15, 0.2) is 42.5 Å². The van der Waals surface area contributed by atoms with E-state index in [1.165, 1.54) is 5.56 Å². The second-order valence-corrected chi connectivity index (χ2v) is 7.97. The minimum atomic E-state index is -0.775. The van der Waals surface area contributed by atoms with E-state index < -0.39 is 5.60 Å². The summed E-state index contributed by atoms with van der Waals surface area (Å²) in [4.78, 5) is 24.0. The molecule has 0 aliphatic carbocycles. The van der Waals surface area contributed by atoms with Gasteiger partial charge in [0.15, 0.2) is 5.60 Å². The van der Waals surface area contributed by atoms with E-state index in [4.69, 9.17) is 9.72 Å². The standard InChI is InChI=1S/C22H28N4O2/c1-24(2)20-18(14-17-8-4-5-9-19(17)23-20)15-26-12-13-28-22(16-26)10-6-7-11-25(3)21(22)27/h4-9,14H,10-13,15-16H2,1-3H3. The van der Waals surface area contributed by atoms with Crippen molar-refractivity contribution in [1.82, 2.24) is 14.8 Å². The number of carbonyl (C=O) groups excluding carboxylic acids is 1. The van der Waals surface area contributed by atoms with Gasteiger partial charge in [-0.25, -0.2) is 4.98 Å². The molecule has 1 aromatic carbocycles. The number of para-hydroxylation sites is 1. The highest BCUT2D eigenvalue weighted by molar-refractivity contribution is 5.86. The molecule has 2 aliphatic rings.